The van der Waals surface area contributed by atoms with Crippen molar-refractivity contribution in [2.45, 2.75) is 38.6 Å². The Balaban J connectivity index is 1.69. The lowest BCUT2D eigenvalue weighted by atomic mass is 10.0. The largest absolute Gasteiger partial charge is 0.395 e. The van der Waals surface area contributed by atoms with E-state index in [1.165, 1.54) is 36.0 Å². The highest BCUT2D eigenvalue weighted by molar-refractivity contribution is 5.85. The van der Waals surface area contributed by atoms with Crippen molar-refractivity contribution in [2.75, 3.05) is 13.7 Å². The van der Waals surface area contributed by atoms with Gasteiger partial charge in [0.05, 0.1) is 12.0 Å². The van der Waals surface area contributed by atoms with E-state index in [9.17, 15) is 9.90 Å². The number of fused-ring (bicyclic) bond motifs is 1. The Kier molecular flexibility index (Phi) is 3.09. The molecule has 0 unspecified atom stereocenters. The van der Waals surface area contributed by atoms with Gasteiger partial charge in [-0.3, -0.25) is 4.79 Å². The zero-order valence-electron chi connectivity index (χ0n) is 11.5. The summed E-state index contributed by atoms with van der Waals surface area (Å²) in [5, 5.41) is 9.32. The van der Waals surface area contributed by atoms with Gasteiger partial charge in [0.15, 0.2) is 0 Å². The first-order valence-electron chi connectivity index (χ1n) is 7.12. The molecule has 1 amide bonds. The monoisotopic (exact) mass is 259 g/mol. The van der Waals surface area contributed by atoms with Crippen LogP contribution in [0.1, 0.15) is 36.0 Å². The molecule has 1 aromatic rings. The van der Waals surface area contributed by atoms with E-state index in [1.54, 1.807) is 4.90 Å². The SMILES string of the molecule is CN(Cc1ccc2c(c1)CCC2)C(=O)C1(CO)CC1. The number of aryl methyl sites for hydroxylation is 2. The molecule has 0 radical (unpaired) electrons. The van der Waals surface area contributed by atoms with E-state index in [4.69, 9.17) is 0 Å². The average Bonchev–Trinajstić information content (AvgIpc) is 3.09. The van der Waals surface area contributed by atoms with Gasteiger partial charge in [-0.15, -0.1) is 0 Å². The van der Waals surface area contributed by atoms with Gasteiger partial charge in [0.2, 0.25) is 5.91 Å². The molecule has 0 heterocycles. The van der Waals surface area contributed by atoms with Crippen LogP contribution < -0.4 is 0 Å². The van der Waals surface area contributed by atoms with Crippen LogP contribution in [0.5, 0.6) is 0 Å². The Labute approximate surface area is 114 Å². The maximum atomic E-state index is 12.3. The molecule has 3 rings (SSSR count). The number of benzene rings is 1. The molecule has 0 bridgehead atoms. The first-order valence-corrected chi connectivity index (χ1v) is 7.12. The lowest BCUT2D eigenvalue weighted by molar-refractivity contribution is -0.137. The number of hydrogen-bond donors (Lipinski definition) is 1. The van der Waals surface area contributed by atoms with Crippen LogP contribution in [0.3, 0.4) is 0 Å². The second-order valence-electron chi connectivity index (χ2n) is 6.06. The maximum absolute atomic E-state index is 12.3. The molecular weight excluding hydrogens is 238 g/mol. The van der Waals surface area contributed by atoms with Crippen molar-refractivity contribution in [3.63, 3.8) is 0 Å². The van der Waals surface area contributed by atoms with Gasteiger partial charge in [0, 0.05) is 13.6 Å². The predicted molar refractivity (Wildman–Crippen MR) is 73.7 cm³/mol. The summed E-state index contributed by atoms with van der Waals surface area (Å²) in [4.78, 5) is 14.0. The predicted octanol–water partition coefficient (Wildman–Crippen LogP) is 1.91. The minimum absolute atomic E-state index is 0.0135. The second-order valence-corrected chi connectivity index (χ2v) is 6.06. The first-order chi connectivity index (χ1) is 9.14. The summed E-state index contributed by atoms with van der Waals surface area (Å²) in [6.45, 7) is 0.633. The fraction of sp³-hybridized carbons (Fsp3) is 0.562. The summed E-state index contributed by atoms with van der Waals surface area (Å²) in [7, 11) is 1.84. The number of carbonyl (C=O) groups excluding carboxylic acids is 1. The standard InChI is InChI=1S/C16H21NO2/c1-17(15(19)16(11-18)7-8-16)10-12-5-6-13-3-2-4-14(13)9-12/h5-6,9,18H,2-4,7-8,10-11H2,1H3. The third-order valence-electron chi connectivity index (χ3n) is 4.54. The zero-order chi connectivity index (χ0) is 13.5. The van der Waals surface area contributed by atoms with Crippen molar-refractivity contribution in [1.29, 1.82) is 0 Å². The smallest absolute Gasteiger partial charge is 0.231 e. The third kappa shape index (κ3) is 2.27. The van der Waals surface area contributed by atoms with Crippen molar-refractivity contribution in [2.24, 2.45) is 5.41 Å². The normalized spacial score (nSPS) is 19.1. The highest BCUT2D eigenvalue weighted by Gasteiger charge is 2.50. The molecule has 1 N–H and O–H groups in total. The molecule has 3 nitrogen and oxygen atoms in total. The molecule has 0 saturated heterocycles. The van der Waals surface area contributed by atoms with E-state index >= 15 is 0 Å². The third-order valence-corrected chi connectivity index (χ3v) is 4.54. The Morgan fingerprint density at radius 1 is 1.32 bits per heavy atom. The Hall–Kier alpha value is -1.35. The van der Waals surface area contributed by atoms with Gasteiger partial charge in [0.1, 0.15) is 0 Å². The number of amides is 1. The highest BCUT2D eigenvalue weighted by atomic mass is 16.3. The van der Waals surface area contributed by atoms with Crippen LogP contribution >= 0.6 is 0 Å². The molecule has 1 saturated carbocycles. The zero-order valence-corrected chi connectivity index (χ0v) is 11.5. The summed E-state index contributed by atoms with van der Waals surface area (Å²) >= 11 is 0. The summed E-state index contributed by atoms with van der Waals surface area (Å²) in [5.74, 6) is 0.0931. The molecule has 3 heteroatoms. The van der Waals surface area contributed by atoms with Gasteiger partial charge in [-0.2, -0.15) is 0 Å². The molecule has 2 aliphatic carbocycles. The van der Waals surface area contributed by atoms with Crippen molar-refractivity contribution in [3.8, 4) is 0 Å². The van der Waals surface area contributed by atoms with Gasteiger partial charge in [-0.1, -0.05) is 18.2 Å². The van der Waals surface area contributed by atoms with Gasteiger partial charge in [-0.05, 0) is 48.8 Å². The highest BCUT2D eigenvalue weighted by Crippen LogP contribution is 2.46. The minimum Gasteiger partial charge on any atom is -0.395 e. The van der Waals surface area contributed by atoms with Gasteiger partial charge >= 0.3 is 0 Å². The molecular formula is C16H21NO2. The van der Waals surface area contributed by atoms with E-state index < -0.39 is 5.41 Å². The van der Waals surface area contributed by atoms with Gasteiger partial charge < -0.3 is 10.0 Å². The number of hydrogen-bond acceptors (Lipinski definition) is 2. The van der Waals surface area contributed by atoms with Crippen LogP contribution in [0.15, 0.2) is 18.2 Å². The number of rotatable bonds is 4. The van der Waals surface area contributed by atoms with Crippen molar-refractivity contribution in [1.82, 2.24) is 4.90 Å². The van der Waals surface area contributed by atoms with E-state index in [2.05, 4.69) is 18.2 Å². The summed E-state index contributed by atoms with van der Waals surface area (Å²) < 4.78 is 0. The Bertz CT molecular complexity index is 505. The number of carbonyl (C=O) groups is 1. The van der Waals surface area contributed by atoms with Crippen molar-refractivity contribution in [3.05, 3.63) is 34.9 Å². The Morgan fingerprint density at radius 2 is 2.05 bits per heavy atom. The molecule has 2 aliphatic rings. The van der Waals surface area contributed by atoms with Crippen molar-refractivity contribution >= 4 is 5.91 Å². The number of aliphatic hydroxyl groups excluding tert-OH is 1. The number of aliphatic hydroxyl groups is 1. The van der Waals surface area contributed by atoms with Crippen LogP contribution in [0.25, 0.3) is 0 Å². The van der Waals surface area contributed by atoms with Gasteiger partial charge in [0.25, 0.3) is 0 Å². The van der Waals surface area contributed by atoms with E-state index in [0.717, 1.165) is 12.8 Å². The van der Waals surface area contributed by atoms with Gasteiger partial charge in [-0.25, -0.2) is 0 Å². The second kappa shape index (κ2) is 4.64. The summed E-state index contributed by atoms with van der Waals surface area (Å²) in [6, 6.07) is 6.58. The number of nitrogens with zero attached hydrogens (tertiary/aromatic N) is 1. The van der Waals surface area contributed by atoms with E-state index in [0.29, 0.717) is 6.54 Å². The topological polar surface area (TPSA) is 40.5 Å². The fourth-order valence-electron chi connectivity index (χ4n) is 3.06. The maximum Gasteiger partial charge on any atom is 0.231 e. The summed E-state index contributed by atoms with van der Waals surface area (Å²) in [6.07, 6.45) is 5.27. The van der Waals surface area contributed by atoms with E-state index in [-0.39, 0.29) is 12.5 Å². The minimum atomic E-state index is -0.453. The molecule has 1 fully saturated rings. The molecule has 0 spiro atoms. The Morgan fingerprint density at radius 3 is 2.74 bits per heavy atom. The van der Waals surface area contributed by atoms with Crippen molar-refractivity contribution < 1.29 is 9.90 Å². The molecule has 1 aromatic carbocycles. The van der Waals surface area contributed by atoms with Crippen LogP contribution in [0, 0.1) is 5.41 Å². The fourth-order valence-corrected chi connectivity index (χ4v) is 3.06. The first kappa shape index (κ1) is 12.7. The average molecular weight is 259 g/mol. The molecule has 0 aromatic heterocycles. The quantitative estimate of drug-likeness (QED) is 0.897. The lowest BCUT2D eigenvalue weighted by Gasteiger charge is -2.22. The van der Waals surface area contributed by atoms with Crippen LogP contribution in [-0.2, 0) is 24.2 Å². The molecule has 0 aliphatic heterocycles. The van der Waals surface area contributed by atoms with Crippen LogP contribution in [0.2, 0.25) is 0 Å². The molecule has 0 atom stereocenters. The van der Waals surface area contributed by atoms with E-state index in [1.807, 2.05) is 7.05 Å². The lowest BCUT2D eigenvalue weighted by Crippen LogP contribution is -2.35. The van der Waals surface area contributed by atoms with Crippen LogP contribution in [-0.4, -0.2) is 29.6 Å². The molecule has 19 heavy (non-hydrogen) atoms. The summed E-state index contributed by atoms with van der Waals surface area (Å²) in [5.41, 5.74) is 3.66. The molecule has 102 valence electrons. The van der Waals surface area contributed by atoms with Crippen LogP contribution in [0.4, 0.5) is 0 Å².